The molecule has 0 radical (unpaired) electrons. The molecule has 0 bridgehead atoms. The molecule has 2 aromatic rings. The van der Waals surface area contributed by atoms with Crippen LogP contribution in [-0.4, -0.2) is 10.1 Å². The lowest BCUT2D eigenvalue weighted by atomic mass is 10.2. The van der Waals surface area contributed by atoms with E-state index in [4.69, 9.17) is 9.26 Å². The minimum absolute atomic E-state index is 0.207. The van der Waals surface area contributed by atoms with E-state index in [0.29, 0.717) is 17.4 Å². The van der Waals surface area contributed by atoms with Gasteiger partial charge in [0.25, 0.3) is 5.89 Å². The second kappa shape index (κ2) is 4.64. The Morgan fingerprint density at radius 1 is 1.42 bits per heavy atom. The van der Waals surface area contributed by atoms with Crippen molar-refractivity contribution in [3.8, 4) is 5.75 Å². The molecule has 0 aliphatic heterocycles. The Morgan fingerprint density at radius 2 is 2.21 bits per heavy atom. The molecule has 1 heterocycles. The van der Waals surface area contributed by atoms with Crippen LogP contribution in [0.1, 0.15) is 49.1 Å². The van der Waals surface area contributed by atoms with Crippen molar-refractivity contribution in [1.82, 2.24) is 10.1 Å². The third kappa shape index (κ3) is 2.45. The number of rotatable bonds is 4. The minimum Gasteiger partial charge on any atom is -0.478 e. The van der Waals surface area contributed by atoms with Crippen molar-refractivity contribution in [3.05, 3.63) is 41.3 Å². The molecule has 1 aliphatic carbocycles. The molecule has 0 amide bonds. The largest absolute Gasteiger partial charge is 0.478 e. The molecule has 1 fully saturated rings. The van der Waals surface area contributed by atoms with Gasteiger partial charge in [0.15, 0.2) is 23.5 Å². The van der Waals surface area contributed by atoms with E-state index in [0.717, 1.165) is 18.7 Å². The number of hydrogen-bond acceptors (Lipinski definition) is 4. The summed E-state index contributed by atoms with van der Waals surface area (Å²) < 4.78 is 24.5. The summed E-state index contributed by atoms with van der Waals surface area (Å²) in [5.41, 5.74) is 0.550. The van der Waals surface area contributed by atoms with Crippen LogP contribution in [-0.2, 0) is 0 Å². The Labute approximate surface area is 110 Å². The van der Waals surface area contributed by atoms with Gasteiger partial charge in [-0.3, -0.25) is 0 Å². The van der Waals surface area contributed by atoms with Crippen LogP contribution in [0, 0.1) is 12.7 Å². The summed E-state index contributed by atoms with van der Waals surface area (Å²) in [7, 11) is 0. The van der Waals surface area contributed by atoms with Crippen LogP contribution in [0.5, 0.6) is 5.75 Å². The summed E-state index contributed by atoms with van der Waals surface area (Å²) in [4.78, 5) is 4.30. The first-order valence-corrected chi connectivity index (χ1v) is 6.40. The van der Waals surface area contributed by atoms with E-state index in [1.165, 1.54) is 0 Å². The zero-order valence-corrected chi connectivity index (χ0v) is 10.9. The first kappa shape index (κ1) is 12.1. The van der Waals surface area contributed by atoms with Crippen molar-refractivity contribution < 1.29 is 13.7 Å². The normalized spacial score (nSPS) is 16.4. The molecule has 0 N–H and O–H groups in total. The Kier molecular flexibility index (Phi) is 2.97. The number of halogens is 1. The molecule has 19 heavy (non-hydrogen) atoms. The van der Waals surface area contributed by atoms with Crippen molar-refractivity contribution in [1.29, 1.82) is 0 Å². The van der Waals surface area contributed by atoms with Gasteiger partial charge in [-0.15, -0.1) is 0 Å². The van der Waals surface area contributed by atoms with E-state index >= 15 is 0 Å². The predicted octanol–water partition coefficient (Wildman–Crippen LogP) is 3.53. The van der Waals surface area contributed by atoms with Gasteiger partial charge < -0.3 is 9.26 Å². The van der Waals surface area contributed by atoms with E-state index in [1.807, 2.05) is 0 Å². The summed E-state index contributed by atoms with van der Waals surface area (Å²) in [5, 5.41) is 3.92. The topological polar surface area (TPSA) is 48.2 Å². The van der Waals surface area contributed by atoms with Gasteiger partial charge >= 0.3 is 0 Å². The zero-order valence-electron chi connectivity index (χ0n) is 10.9. The molecule has 1 atom stereocenters. The number of ether oxygens (including phenoxy) is 1. The summed E-state index contributed by atoms with van der Waals surface area (Å²) in [6, 6.07) is 5.05. The Hall–Kier alpha value is -1.91. The van der Waals surface area contributed by atoms with Gasteiger partial charge in [-0.25, -0.2) is 4.39 Å². The van der Waals surface area contributed by atoms with Crippen LogP contribution in [0.2, 0.25) is 0 Å². The predicted molar refractivity (Wildman–Crippen MR) is 66.5 cm³/mol. The fourth-order valence-electron chi connectivity index (χ4n) is 1.87. The zero-order chi connectivity index (χ0) is 13.4. The molecule has 0 saturated heterocycles. The van der Waals surface area contributed by atoms with Crippen molar-refractivity contribution in [3.63, 3.8) is 0 Å². The van der Waals surface area contributed by atoms with E-state index < -0.39 is 6.10 Å². The Morgan fingerprint density at radius 3 is 2.95 bits per heavy atom. The molecule has 100 valence electrons. The Balaban J connectivity index is 1.76. The van der Waals surface area contributed by atoms with Crippen LogP contribution in [0.3, 0.4) is 0 Å². The molecular weight excluding hydrogens is 247 g/mol. The average Bonchev–Trinajstić information content (AvgIpc) is 3.12. The lowest BCUT2D eigenvalue weighted by Crippen LogP contribution is -2.05. The highest BCUT2D eigenvalue weighted by molar-refractivity contribution is 5.30. The maximum Gasteiger partial charge on any atom is 0.267 e. The van der Waals surface area contributed by atoms with Gasteiger partial charge in [0.1, 0.15) is 0 Å². The van der Waals surface area contributed by atoms with Crippen molar-refractivity contribution in [2.75, 3.05) is 0 Å². The minimum atomic E-state index is -0.462. The van der Waals surface area contributed by atoms with Crippen molar-refractivity contribution >= 4 is 0 Å². The standard InChI is InChI=1S/C14H15FN2O2/c1-8-4-3-5-11(12(8)15)18-9(2)14-16-13(17-19-14)10-6-7-10/h3-5,9-10H,6-7H2,1-2H3. The number of aryl methyl sites for hydroxylation is 1. The van der Waals surface area contributed by atoms with Crippen LogP contribution in [0.15, 0.2) is 22.7 Å². The van der Waals surface area contributed by atoms with Crippen LogP contribution < -0.4 is 4.74 Å². The fraction of sp³-hybridized carbons (Fsp3) is 0.429. The molecule has 1 aromatic heterocycles. The molecule has 1 aliphatic rings. The van der Waals surface area contributed by atoms with Crippen LogP contribution in [0.25, 0.3) is 0 Å². The maximum absolute atomic E-state index is 13.8. The molecule has 0 spiro atoms. The van der Waals surface area contributed by atoms with Gasteiger partial charge in [-0.1, -0.05) is 17.3 Å². The lowest BCUT2D eigenvalue weighted by molar-refractivity contribution is 0.168. The van der Waals surface area contributed by atoms with E-state index in [-0.39, 0.29) is 11.6 Å². The molecule has 4 nitrogen and oxygen atoms in total. The SMILES string of the molecule is Cc1cccc(OC(C)c2nc(C3CC3)no2)c1F. The summed E-state index contributed by atoms with van der Waals surface area (Å²) in [5.74, 6) is 1.41. The lowest BCUT2D eigenvalue weighted by Gasteiger charge is -2.12. The molecule has 1 aromatic carbocycles. The average molecular weight is 262 g/mol. The highest BCUT2D eigenvalue weighted by Gasteiger charge is 2.30. The number of hydrogen-bond donors (Lipinski definition) is 0. The third-order valence-electron chi connectivity index (χ3n) is 3.21. The molecule has 1 saturated carbocycles. The van der Waals surface area contributed by atoms with Crippen LogP contribution in [0.4, 0.5) is 4.39 Å². The third-order valence-corrected chi connectivity index (χ3v) is 3.21. The quantitative estimate of drug-likeness (QED) is 0.845. The van der Waals surface area contributed by atoms with Gasteiger partial charge in [0, 0.05) is 5.92 Å². The van der Waals surface area contributed by atoms with Crippen molar-refractivity contribution in [2.45, 2.75) is 38.7 Å². The molecule has 3 rings (SSSR count). The molecule has 1 unspecified atom stereocenters. The van der Waals surface area contributed by atoms with Gasteiger partial charge in [0.05, 0.1) is 0 Å². The summed E-state index contributed by atoms with van der Waals surface area (Å²) in [6.07, 6.45) is 1.76. The van der Waals surface area contributed by atoms with Gasteiger partial charge in [-0.2, -0.15) is 4.98 Å². The highest BCUT2D eigenvalue weighted by Crippen LogP contribution is 2.38. The van der Waals surface area contributed by atoms with Crippen molar-refractivity contribution in [2.24, 2.45) is 0 Å². The molecular formula is C14H15FN2O2. The monoisotopic (exact) mass is 262 g/mol. The number of benzene rings is 1. The number of nitrogens with zero attached hydrogens (tertiary/aromatic N) is 2. The second-order valence-electron chi connectivity index (χ2n) is 4.91. The number of aromatic nitrogens is 2. The van der Waals surface area contributed by atoms with E-state index in [2.05, 4.69) is 10.1 Å². The summed E-state index contributed by atoms with van der Waals surface area (Å²) >= 11 is 0. The summed E-state index contributed by atoms with van der Waals surface area (Å²) in [6.45, 7) is 3.47. The van der Waals surface area contributed by atoms with E-state index in [1.54, 1.807) is 32.0 Å². The van der Waals surface area contributed by atoms with Gasteiger partial charge in [-0.05, 0) is 38.3 Å². The Bertz CT molecular complexity index is 593. The van der Waals surface area contributed by atoms with Gasteiger partial charge in [0.2, 0.25) is 0 Å². The first-order valence-electron chi connectivity index (χ1n) is 6.40. The highest BCUT2D eigenvalue weighted by atomic mass is 19.1. The first-order chi connectivity index (χ1) is 9.15. The molecule has 5 heteroatoms. The van der Waals surface area contributed by atoms with Crippen LogP contribution >= 0.6 is 0 Å². The smallest absolute Gasteiger partial charge is 0.267 e. The maximum atomic E-state index is 13.8. The fourth-order valence-corrected chi connectivity index (χ4v) is 1.87. The van der Waals surface area contributed by atoms with E-state index in [9.17, 15) is 4.39 Å². The second-order valence-corrected chi connectivity index (χ2v) is 4.91.